The van der Waals surface area contributed by atoms with E-state index in [2.05, 4.69) is 6.92 Å². The number of Topliss-reactive ketones (excluding diaryl/α,β-unsaturated/α-hetero) is 1. The summed E-state index contributed by atoms with van der Waals surface area (Å²) in [7, 11) is 0. The Morgan fingerprint density at radius 2 is 1.61 bits per heavy atom. The van der Waals surface area contributed by atoms with Gasteiger partial charge < -0.3 is 4.74 Å². The van der Waals surface area contributed by atoms with E-state index in [1.165, 1.54) is 17.9 Å². The summed E-state index contributed by atoms with van der Waals surface area (Å²) in [6, 6.07) is 14.9. The van der Waals surface area contributed by atoms with E-state index >= 15 is 0 Å². The smallest absolute Gasteiger partial charge is 0.338 e. The molecule has 0 bridgehead atoms. The molecular formula is C25H25NO5. The summed E-state index contributed by atoms with van der Waals surface area (Å²) in [4.78, 5) is 52.2. The Bertz CT molecular complexity index is 1030. The number of carbonyl (C=O) groups excluding carboxylic acids is 4. The van der Waals surface area contributed by atoms with Gasteiger partial charge in [0.1, 0.15) is 0 Å². The molecule has 0 aromatic heterocycles. The number of esters is 1. The number of hydrogen-bond donors (Lipinski definition) is 0. The zero-order chi connectivity index (χ0) is 22.1. The Morgan fingerprint density at radius 3 is 2.35 bits per heavy atom. The summed E-state index contributed by atoms with van der Waals surface area (Å²) in [5.41, 5.74) is 1.02. The van der Waals surface area contributed by atoms with Crippen LogP contribution in [-0.4, -0.2) is 29.7 Å². The Labute approximate surface area is 181 Å². The van der Waals surface area contributed by atoms with Gasteiger partial charge in [-0.05, 0) is 50.3 Å². The van der Waals surface area contributed by atoms with Crippen molar-refractivity contribution in [3.63, 3.8) is 0 Å². The number of benzene rings is 2. The summed E-state index contributed by atoms with van der Waals surface area (Å²) in [5.74, 6) is -1.50. The van der Waals surface area contributed by atoms with Gasteiger partial charge in [0.25, 0.3) is 0 Å². The van der Waals surface area contributed by atoms with Gasteiger partial charge in [-0.25, -0.2) is 4.79 Å². The van der Waals surface area contributed by atoms with Gasteiger partial charge in [-0.15, -0.1) is 0 Å². The fraction of sp³-hybridized carbons (Fsp3) is 0.360. The van der Waals surface area contributed by atoms with Crippen molar-refractivity contribution in [2.24, 2.45) is 17.8 Å². The van der Waals surface area contributed by atoms with Gasteiger partial charge in [0.15, 0.2) is 6.10 Å². The number of imide groups is 1. The van der Waals surface area contributed by atoms with Crippen LogP contribution in [0.4, 0.5) is 5.69 Å². The molecule has 0 N–H and O–H groups in total. The lowest BCUT2D eigenvalue weighted by Crippen LogP contribution is -2.31. The maximum Gasteiger partial charge on any atom is 0.338 e. The van der Waals surface area contributed by atoms with Gasteiger partial charge in [0, 0.05) is 5.56 Å². The molecule has 2 aromatic carbocycles. The van der Waals surface area contributed by atoms with Crippen LogP contribution in [0.15, 0.2) is 54.6 Å². The van der Waals surface area contributed by atoms with Crippen LogP contribution in [-0.2, 0) is 14.3 Å². The third kappa shape index (κ3) is 4.02. The van der Waals surface area contributed by atoms with Crippen LogP contribution in [0.1, 0.15) is 53.8 Å². The highest BCUT2D eigenvalue weighted by Crippen LogP contribution is 2.42. The SMILES string of the molecule is C[C@@H]1CC[C@H]2C(=O)N(c3cccc(C(=O)O[C@@H](C)C(=O)c4ccccc4)c3)C(=O)[C@H]2C1. The molecule has 2 aromatic rings. The van der Waals surface area contributed by atoms with Crippen LogP contribution in [0.25, 0.3) is 0 Å². The van der Waals surface area contributed by atoms with Crippen LogP contribution in [0.2, 0.25) is 0 Å². The van der Waals surface area contributed by atoms with Gasteiger partial charge in [0.2, 0.25) is 17.6 Å². The fourth-order valence-corrected chi connectivity index (χ4v) is 4.54. The summed E-state index contributed by atoms with van der Waals surface area (Å²) in [6.45, 7) is 3.63. The minimum absolute atomic E-state index is 0.189. The van der Waals surface area contributed by atoms with E-state index < -0.39 is 12.1 Å². The highest BCUT2D eigenvalue weighted by Gasteiger charge is 2.50. The summed E-state index contributed by atoms with van der Waals surface area (Å²) < 4.78 is 5.36. The van der Waals surface area contributed by atoms with E-state index in [0.29, 0.717) is 30.0 Å². The first-order chi connectivity index (χ1) is 14.9. The monoisotopic (exact) mass is 419 g/mol. The maximum atomic E-state index is 12.9. The number of nitrogens with zero attached hydrogens (tertiary/aromatic N) is 1. The van der Waals surface area contributed by atoms with Crippen LogP contribution in [0.3, 0.4) is 0 Å². The van der Waals surface area contributed by atoms with E-state index in [9.17, 15) is 19.2 Å². The molecule has 31 heavy (non-hydrogen) atoms. The Hall–Kier alpha value is -3.28. The normalized spacial score (nSPS) is 23.9. The predicted molar refractivity (Wildman–Crippen MR) is 115 cm³/mol. The molecule has 1 saturated carbocycles. The van der Waals surface area contributed by atoms with Crippen molar-refractivity contribution in [3.05, 3.63) is 65.7 Å². The molecule has 4 atom stereocenters. The van der Waals surface area contributed by atoms with Crippen molar-refractivity contribution in [2.75, 3.05) is 4.90 Å². The summed E-state index contributed by atoms with van der Waals surface area (Å²) in [6.07, 6.45) is 1.41. The summed E-state index contributed by atoms with van der Waals surface area (Å²) >= 11 is 0. The van der Waals surface area contributed by atoms with E-state index in [1.807, 2.05) is 0 Å². The molecule has 0 radical (unpaired) electrons. The number of carbonyl (C=O) groups is 4. The van der Waals surface area contributed by atoms with Crippen molar-refractivity contribution in [2.45, 2.75) is 39.2 Å². The number of hydrogen-bond acceptors (Lipinski definition) is 5. The number of amides is 2. The second-order valence-electron chi connectivity index (χ2n) is 8.47. The Kier molecular flexibility index (Phi) is 5.72. The van der Waals surface area contributed by atoms with Crippen molar-refractivity contribution < 1.29 is 23.9 Å². The molecule has 2 amide bonds. The number of ether oxygens (including phenoxy) is 1. The van der Waals surface area contributed by atoms with Gasteiger partial charge in [-0.2, -0.15) is 0 Å². The zero-order valence-electron chi connectivity index (χ0n) is 17.6. The van der Waals surface area contributed by atoms with Gasteiger partial charge in [-0.3, -0.25) is 19.3 Å². The van der Waals surface area contributed by atoms with Gasteiger partial charge in [0.05, 0.1) is 23.1 Å². The number of ketones is 1. The van der Waals surface area contributed by atoms with Gasteiger partial charge >= 0.3 is 5.97 Å². The molecule has 1 aliphatic heterocycles. The predicted octanol–water partition coefficient (Wildman–Crippen LogP) is 4.04. The lowest BCUT2D eigenvalue weighted by atomic mass is 9.76. The standard InChI is InChI=1S/C25H25NO5/c1-15-11-12-20-21(13-15)24(29)26(23(20)28)19-10-6-9-18(14-19)25(30)31-16(2)22(27)17-7-4-3-5-8-17/h3-10,14-16,20-21H,11-13H2,1-2H3/t15-,16+,20-,21+/m1/s1. The zero-order valence-corrected chi connectivity index (χ0v) is 17.6. The first-order valence-corrected chi connectivity index (χ1v) is 10.6. The third-order valence-corrected chi connectivity index (χ3v) is 6.24. The molecule has 1 heterocycles. The molecule has 6 nitrogen and oxygen atoms in total. The molecular weight excluding hydrogens is 394 g/mol. The fourth-order valence-electron chi connectivity index (χ4n) is 4.54. The third-order valence-electron chi connectivity index (χ3n) is 6.24. The molecule has 6 heteroatoms. The minimum Gasteiger partial charge on any atom is -0.451 e. The van der Waals surface area contributed by atoms with E-state index in [1.54, 1.807) is 48.5 Å². The molecule has 1 aliphatic carbocycles. The Balaban J connectivity index is 1.50. The topological polar surface area (TPSA) is 80.8 Å². The molecule has 0 unspecified atom stereocenters. The molecule has 1 saturated heterocycles. The lowest BCUT2D eigenvalue weighted by molar-refractivity contribution is -0.122. The highest BCUT2D eigenvalue weighted by molar-refractivity contribution is 6.22. The van der Waals surface area contributed by atoms with Crippen LogP contribution < -0.4 is 4.90 Å². The first kappa shape index (κ1) is 21.0. The van der Waals surface area contributed by atoms with Crippen LogP contribution in [0, 0.1) is 17.8 Å². The number of rotatable bonds is 5. The quantitative estimate of drug-likeness (QED) is 0.415. The van der Waals surface area contributed by atoms with E-state index in [0.717, 1.165) is 6.42 Å². The molecule has 2 aliphatic rings. The second kappa shape index (κ2) is 8.46. The van der Waals surface area contributed by atoms with E-state index in [-0.39, 0.29) is 35.0 Å². The lowest BCUT2D eigenvalue weighted by Gasteiger charge is -2.25. The molecule has 2 fully saturated rings. The van der Waals surface area contributed by atoms with Crippen molar-refractivity contribution in [3.8, 4) is 0 Å². The van der Waals surface area contributed by atoms with Crippen molar-refractivity contribution >= 4 is 29.3 Å². The molecule has 0 spiro atoms. The van der Waals surface area contributed by atoms with Crippen molar-refractivity contribution in [1.29, 1.82) is 0 Å². The highest BCUT2D eigenvalue weighted by atomic mass is 16.5. The average Bonchev–Trinajstić information content (AvgIpc) is 3.03. The largest absolute Gasteiger partial charge is 0.451 e. The minimum atomic E-state index is -0.960. The second-order valence-corrected chi connectivity index (χ2v) is 8.47. The number of anilines is 1. The first-order valence-electron chi connectivity index (χ1n) is 10.6. The maximum absolute atomic E-state index is 12.9. The van der Waals surface area contributed by atoms with Crippen LogP contribution >= 0.6 is 0 Å². The van der Waals surface area contributed by atoms with E-state index in [4.69, 9.17) is 4.74 Å². The Morgan fingerprint density at radius 1 is 0.935 bits per heavy atom. The van der Waals surface area contributed by atoms with Gasteiger partial charge in [-0.1, -0.05) is 43.3 Å². The molecule has 160 valence electrons. The van der Waals surface area contributed by atoms with Crippen LogP contribution in [0.5, 0.6) is 0 Å². The summed E-state index contributed by atoms with van der Waals surface area (Å²) in [5, 5.41) is 0. The van der Waals surface area contributed by atoms with Crippen molar-refractivity contribution in [1.82, 2.24) is 0 Å². The average molecular weight is 419 g/mol. The number of fused-ring (bicyclic) bond motifs is 1. The molecule has 4 rings (SSSR count).